The summed E-state index contributed by atoms with van der Waals surface area (Å²) in [5, 5.41) is 13.2. The highest BCUT2D eigenvalue weighted by atomic mass is 19.4. The number of hydrogen-bond acceptors (Lipinski definition) is 3. The van der Waals surface area contributed by atoms with Crippen LogP contribution in [-0.2, 0) is 0 Å². The van der Waals surface area contributed by atoms with Crippen molar-refractivity contribution in [3.05, 3.63) is 36.5 Å². The van der Waals surface area contributed by atoms with Crippen molar-refractivity contribution >= 4 is 22.6 Å². The van der Waals surface area contributed by atoms with Crippen LogP contribution in [0, 0.1) is 0 Å². The first-order chi connectivity index (χ1) is 11.3. The number of fused-ring (bicyclic) bond motifs is 1. The van der Waals surface area contributed by atoms with E-state index in [0.717, 1.165) is 5.39 Å². The van der Waals surface area contributed by atoms with Gasteiger partial charge in [-0.3, -0.25) is 4.98 Å². The Kier molecular flexibility index (Phi) is 4.08. The minimum atomic E-state index is -4.69. The van der Waals surface area contributed by atoms with Crippen LogP contribution in [0.15, 0.2) is 36.5 Å². The largest absolute Gasteiger partial charge is 0.417 e. The molecule has 1 saturated heterocycles. The highest BCUT2D eigenvalue weighted by molar-refractivity contribution is 5.99. The van der Waals surface area contributed by atoms with Crippen LogP contribution in [0.4, 0.5) is 23.7 Å². The second-order valence-corrected chi connectivity index (χ2v) is 5.83. The van der Waals surface area contributed by atoms with Crippen LogP contribution in [0.3, 0.4) is 0 Å². The number of piperidine rings is 1. The summed E-state index contributed by atoms with van der Waals surface area (Å²) in [6.07, 6.45) is -4.15. The molecule has 1 fully saturated rings. The number of alkyl halides is 3. The molecule has 0 radical (unpaired) electrons. The molecule has 8 heteroatoms. The summed E-state index contributed by atoms with van der Waals surface area (Å²) < 4.78 is 38.4. The van der Waals surface area contributed by atoms with Gasteiger partial charge in [-0.05, 0) is 12.1 Å². The molecule has 0 spiro atoms. The number of urea groups is 1. The maximum absolute atomic E-state index is 12.8. The number of likely N-dealkylation sites (tertiary alicyclic amines) is 1. The number of carbonyl (C=O) groups is 1. The fourth-order valence-corrected chi connectivity index (χ4v) is 2.76. The SMILES string of the molecule is O=C(Nc1cccc2cccnc12)N1CCC(O)(C(F)(F)F)CC1. The molecule has 0 atom stereocenters. The zero-order valence-corrected chi connectivity index (χ0v) is 12.7. The van der Waals surface area contributed by atoms with Crippen molar-refractivity contribution < 1.29 is 23.1 Å². The lowest BCUT2D eigenvalue weighted by Crippen LogP contribution is -2.55. The summed E-state index contributed by atoms with van der Waals surface area (Å²) in [5.41, 5.74) is -1.61. The van der Waals surface area contributed by atoms with Gasteiger partial charge in [-0.1, -0.05) is 18.2 Å². The second kappa shape index (κ2) is 5.94. The van der Waals surface area contributed by atoms with Gasteiger partial charge in [-0.25, -0.2) is 4.79 Å². The first-order valence-electron chi connectivity index (χ1n) is 7.49. The van der Waals surface area contributed by atoms with Crippen molar-refractivity contribution in [2.75, 3.05) is 18.4 Å². The summed E-state index contributed by atoms with van der Waals surface area (Å²) in [5.74, 6) is 0. The monoisotopic (exact) mass is 339 g/mol. The summed E-state index contributed by atoms with van der Waals surface area (Å²) in [6, 6.07) is 8.42. The average Bonchev–Trinajstić information content (AvgIpc) is 2.55. The van der Waals surface area contributed by atoms with Crippen molar-refractivity contribution in [3.8, 4) is 0 Å². The van der Waals surface area contributed by atoms with E-state index < -0.39 is 30.7 Å². The smallest absolute Gasteiger partial charge is 0.380 e. The van der Waals surface area contributed by atoms with Crippen molar-refractivity contribution in [3.63, 3.8) is 0 Å². The lowest BCUT2D eigenvalue weighted by atomic mass is 9.91. The first kappa shape index (κ1) is 16.5. The molecular weight excluding hydrogens is 323 g/mol. The highest BCUT2D eigenvalue weighted by Crippen LogP contribution is 2.38. The molecule has 3 rings (SSSR count). The van der Waals surface area contributed by atoms with Gasteiger partial charge in [0, 0.05) is 37.5 Å². The van der Waals surface area contributed by atoms with Crippen LogP contribution in [0.2, 0.25) is 0 Å². The number of nitrogens with one attached hydrogen (secondary N) is 1. The Labute approximate surface area is 136 Å². The Hall–Kier alpha value is -2.35. The summed E-state index contributed by atoms with van der Waals surface area (Å²) in [6.45, 7) is -0.333. The molecule has 1 aromatic carbocycles. The van der Waals surface area contributed by atoms with E-state index in [0.29, 0.717) is 11.2 Å². The van der Waals surface area contributed by atoms with E-state index >= 15 is 0 Å². The van der Waals surface area contributed by atoms with E-state index in [-0.39, 0.29) is 13.1 Å². The number of aliphatic hydroxyl groups is 1. The zero-order chi connectivity index (χ0) is 17.4. The van der Waals surface area contributed by atoms with Crippen LogP contribution >= 0.6 is 0 Å². The van der Waals surface area contributed by atoms with Crippen LogP contribution < -0.4 is 5.32 Å². The minimum Gasteiger partial charge on any atom is -0.380 e. The van der Waals surface area contributed by atoms with Gasteiger partial charge < -0.3 is 15.3 Å². The van der Waals surface area contributed by atoms with Gasteiger partial charge in [-0.15, -0.1) is 0 Å². The van der Waals surface area contributed by atoms with E-state index in [1.54, 1.807) is 24.4 Å². The molecule has 2 amide bonds. The van der Waals surface area contributed by atoms with Crippen molar-refractivity contribution in [2.45, 2.75) is 24.6 Å². The Morgan fingerprint density at radius 3 is 2.54 bits per heavy atom. The van der Waals surface area contributed by atoms with E-state index in [2.05, 4.69) is 10.3 Å². The number of anilines is 1. The molecule has 1 aliphatic heterocycles. The molecule has 1 aromatic heterocycles. The number of nitrogens with zero attached hydrogens (tertiary/aromatic N) is 2. The molecule has 0 bridgehead atoms. The number of halogens is 3. The fourth-order valence-electron chi connectivity index (χ4n) is 2.76. The van der Waals surface area contributed by atoms with Gasteiger partial charge in [-0.2, -0.15) is 13.2 Å². The molecule has 128 valence electrons. The minimum absolute atomic E-state index is 0.167. The van der Waals surface area contributed by atoms with E-state index in [4.69, 9.17) is 0 Å². The van der Waals surface area contributed by atoms with Gasteiger partial charge in [0.25, 0.3) is 0 Å². The summed E-state index contributed by atoms with van der Waals surface area (Å²) in [7, 11) is 0. The van der Waals surface area contributed by atoms with E-state index in [9.17, 15) is 23.1 Å². The Balaban J connectivity index is 1.70. The Bertz CT molecular complexity index is 750. The maximum atomic E-state index is 12.8. The van der Waals surface area contributed by atoms with Crippen molar-refractivity contribution in [2.24, 2.45) is 0 Å². The summed E-state index contributed by atoms with van der Waals surface area (Å²) in [4.78, 5) is 17.8. The van der Waals surface area contributed by atoms with Gasteiger partial charge in [0.2, 0.25) is 0 Å². The van der Waals surface area contributed by atoms with Crippen LogP contribution in [0.5, 0.6) is 0 Å². The molecule has 1 aliphatic rings. The molecule has 2 heterocycles. The molecule has 0 saturated carbocycles. The molecule has 2 N–H and O–H groups in total. The molecule has 2 aromatic rings. The number of para-hydroxylation sites is 1. The van der Waals surface area contributed by atoms with Crippen LogP contribution in [-0.4, -0.2) is 45.9 Å². The average molecular weight is 339 g/mol. The predicted octanol–water partition coefficient (Wildman–Crippen LogP) is 3.16. The zero-order valence-electron chi connectivity index (χ0n) is 12.7. The number of amides is 2. The molecule has 24 heavy (non-hydrogen) atoms. The van der Waals surface area contributed by atoms with Crippen molar-refractivity contribution in [1.82, 2.24) is 9.88 Å². The van der Waals surface area contributed by atoms with Gasteiger partial charge in [0.15, 0.2) is 5.60 Å². The number of benzene rings is 1. The van der Waals surface area contributed by atoms with Gasteiger partial charge in [0.1, 0.15) is 0 Å². The number of rotatable bonds is 1. The fraction of sp³-hybridized carbons (Fsp3) is 0.375. The van der Waals surface area contributed by atoms with Crippen LogP contribution in [0.25, 0.3) is 10.9 Å². The first-order valence-corrected chi connectivity index (χ1v) is 7.49. The third-order valence-electron chi connectivity index (χ3n) is 4.28. The van der Waals surface area contributed by atoms with Gasteiger partial charge >= 0.3 is 12.2 Å². The topological polar surface area (TPSA) is 65.5 Å². The number of aromatic nitrogens is 1. The lowest BCUT2D eigenvalue weighted by Gasteiger charge is -2.39. The Morgan fingerprint density at radius 2 is 1.88 bits per heavy atom. The quantitative estimate of drug-likeness (QED) is 0.839. The standard InChI is InChI=1S/C16H16F3N3O2/c17-16(18,19)15(24)6-9-22(10-7-15)14(23)21-12-5-1-3-11-4-2-8-20-13(11)12/h1-5,8,24H,6-7,9-10H2,(H,21,23). The normalized spacial score (nSPS) is 17.8. The molecular formula is C16H16F3N3O2. The third-order valence-corrected chi connectivity index (χ3v) is 4.28. The summed E-state index contributed by atoms with van der Waals surface area (Å²) >= 11 is 0. The molecule has 0 aliphatic carbocycles. The maximum Gasteiger partial charge on any atom is 0.417 e. The number of carbonyl (C=O) groups excluding carboxylic acids is 1. The second-order valence-electron chi connectivity index (χ2n) is 5.83. The van der Waals surface area contributed by atoms with E-state index in [1.165, 1.54) is 4.90 Å². The van der Waals surface area contributed by atoms with Gasteiger partial charge in [0.05, 0.1) is 11.2 Å². The predicted molar refractivity (Wildman–Crippen MR) is 82.6 cm³/mol. The third kappa shape index (κ3) is 3.01. The molecule has 0 unspecified atom stereocenters. The molecule has 5 nitrogen and oxygen atoms in total. The van der Waals surface area contributed by atoms with Crippen LogP contribution in [0.1, 0.15) is 12.8 Å². The number of pyridine rings is 1. The number of hydrogen-bond donors (Lipinski definition) is 2. The van der Waals surface area contributed by atoms with E-state index in [1.807, 2.05) is 12.1 Å². The highest BCUT2D eigenvalue weighted by Gasteiger charge is 2.54. The van der Waals surface area contributed by atoms with Crippen molar-refractivity contribution in [1.29, 1.82) is 0 Å². The lowest BCUT2D eigenvalue weighted by molar-refractivity contribution is -0.271. The Morgan fingerprint density at radius 1 is 1.21 bits per heavy atom.